The topological polar surface area (TPSA) is 83.9 Å². The number of aromatic nitrogens is 1. The van der Waals surface area contributed by atoms with Crippen LogP contribution in [0.25, 0.3) is 11.1 Å². The van der Waals surface area contributed by atoms with Crippen molar-refractivity contribution < 1.29 is 19.4 Å². The molecule has 1 aliphatic rings. The molecule has 1 amide bonds. The first-order valence-corrected chi connectivity index (χ1v) is 21.1. The van der Waals surface area contributed by atoms with Crippen LogP contribution in [-0.2, 0) is 22.6 Å². The number of unbranched alkanes of at least 4 members (excludes halogenated alkanes) is 10. The molecule has 0 aliphatic carbocycles. The molecular formula is C48H65N3O4. The minimum atomic E-state index is -0.532. The second kappa shape index (κ2) is 23.2. The maximum atomic E-state index is 12.7. The van der Waals surface area contributed by atoms with Gasteiger partial charge >= 0.3 is 0 Å². The molecule has 2 heterocycles. The third kappa shape index (κ3) is 13.4. The Morgan fingerprint density at radius 2 is 1.38 bits per heavy atom. The fraction of sp³-hybridized carbons (Fsp3) is 0.500. The number of carbonyl (C=O) groups excluding carboxylic acids is 1. The number of aliphatic hydroxyl groups is 1. The minimum absolute atomic E-state index is 0.0168. The van der Waals surface area contributed by atoms with Gasteiger partial charge in [0.05, 0.1) is 24.4 Å². The highest BCUT2D eigenvalue weighted by atomic mass is 16.7. The first-order chi connectivity index (χ1) is 27.0. The van der Waals surface area contributed by atoms with E-state index in [1.807, 2.05) is 24.3 Å². The molecule has 1 aliphatic heterocycles. The smallest absolute Gasteiger partial charge is 0.253 e. The van der Waals surface area contributed by atoms with Gasteiger partial charge in [-0.05, 0) is 78.0 Å². The van der Waals surface area contributed by atoms with Gasteiger partial charge in [-0.2, -0.15) is 0 Å². The van der Waals surface area contributed by atoms with Gasteiger partial charge in [-0.1, -0.05) is 146 Å². The van der Waals surface area contributed by atoms with Crippen LogP contribution in [-0.4, -0.2) is 46.6 Å². The van der Waals surface area contributed by atoms with Gasteiger partial charge in [0.15, 0.2) is 6.29 Å². The van der Waals surface area contributed by atoms with Crippen molar-refractivity contribution >= 4 is 5.91 Å². The molecule has 5 rings (SSSR count). The molecule has 7 heteroatoms. The van der Waals surface area contributed by atoms with Crippen LogP contribution in [0, 0.1) is 5.92 Å². The van der Waals surface area contributed by atoms with Crippen LogP contribution < -0.4 is 5.32 Å². The average molecular weight is 748 g/mol. The van der Waals surface area contributed by atoms with Gasteiger partial charge < -0.3 is 24.8 Å². The molecule has 1 fully saturated rings. The molecule has 2 N–H and O–H groups in total. The van der Waals surface area contributed by atoms with E-state index < -0.39 is 6.29 Å². The van der Waals surface area contributed by atoms with Crippen molar-refractivity contribution in [1.82, 2.24) is 15.2 Å². The number of benzene rings is 3. The van der Waals surface area contributed by atoms with E-state index in [2.05, 4.69) is 84.5 Å². The summed E-state index contributed by atoms with van der Waals surface area (Å²) < 4.78 is 13.9. The Kier molecular flexibility index (Phi) is 17.9. The highest BCUT2D eigenvalue weighted by Gasteiger charge is 2.39. The van der Waals surface area contributed by atoms with E-state index in [0.717, 1.165) is 53.0 Å². The highest BCUT2D eigenvalue weighted by Crippen LogP contribution is 2.42. The molecule has 0 spiro atoms. The van der Waals surface area contributed by atoms with Crippen LogP contribution in [0.15, 0.2) is 97.3 Å². The summed E-state index contributed by atoms with van der Waals surface area (Å²) in [6.07, 6.45) is 18.0. The number of carbonyl (C=O) groups is 1. The summed E-state index contributed by atoms with van der Waals surface area (Å²) in [6.45, 7) is 10.3. The second-order valence-corrected chi connectivity index (χ2v) is 15.4. The first kappa shape index (κ1) is 42.3. The Hall–Kier alpha value is -3.88. The van der Waals surface area contributed by atoms with Gasteiger partial charge in [0.1, 0.15) is 0 Å². The molecule has 0 unspecified atom stereocenters. The van der Waals surface area contributed by atoms with E-state index >= 15 is 0 Å². The Bertz CT molecular complexity index is 1660. The standard InChI is InChI=1S/C48H65N3O4/c1-4-6-8-10-12-14-29-51(30-15-13-11-9-7-5-2)35-45-37(3)46(40-26-24-38(36-52)25-27-40)55-48(54-45)43-22-17-21-42(32-43)41-20-16-19-39(31-41)33-50-47(53)44-23-18-28-49-34-44/h16-28,31-32,34,37,45-46,48,52H,4-15,29-30,33,35-36H2,1-3H3,(H,50,53)/t37-,45+,46+,48+/m0/s1. The summed E-state index contributed by atoms with van der Waals surface area (Å²) in [5.74, 6) is -0.0106. The Labute approximate surface area is 330 Å². The van der Waals surface area contributed by atoms with E-state index in [0.29, 0.717) is 12.1 Å². The Balaban J connectivity index is 1.33. The van der Waals surface area contributed by atoms with E-state index in [9.17, 15) is 9.90 Å². The average Bonchev–Trinajstić information content (AvgIpc) is 3.23. The summed E-state index contributed by atoms with van der Waals surface area (Å²) in [5, 5.41) is 12.8. The fourth-order valence-electron chi connectivity index (χ4n) is 7.62. The molecule has 3 aromatic carbocycles. The zero-order chi connectivity index (χ0) is 38.7. The third-order valence-corrected chi connectivity index (χ3v) is 11.0. The van der Waals surface area contributed by atoms with E-state index in [1.165, 1.54) is 77.0 Å². The van der Waals surface area contributed by atoms with Crippen molar-refractivity contribution in [2.24, 2.45) is 5.92 Å². The van der Waals surface area contributed by atoms with Crippen LogP contribution >= 0.6 is 0 Å². The highest BCUT2D eigenvalue weighted by molar-refractivity contribution is 5.93. The van der Waals surface area contributed by atoms with Crippen LogP contribution in [0.1, 0.15) is 143 Å². The molecule has 296 valence electrons. The van der Waals surface area contributed by atoms with Gasteiger partial charge in [0.2, 0.25) is 0 Å². The monoisotopic (exact) mass is 747 g/mol. The number of aliphatic hydroxyl groups excluding tert-OH is 1. The Morgan fingerprint density at radius 1 is 0.727 bits per heavy atom. The van der Waals surface area contributed by atoms with Gasteiger partial charge in [-0.15, -0.1) is 0 Å². The molecule has 0 saturated carbocycles. The lowest BCUT2D eigenvalue weighted by Crippen LogP contribution is -2.45. The zero-order valence-corrected chi connectivity index (χ0v) is 33.6. The van der Waals surface area contributed by atoms with Crippen molar-refractivity contribution in [1.29, 1.82) is 0 Å². The number of nitrogens with one attached hydrogen (secondary N) is 1. The SMILES string of the molecule is CCCCCCCCN(CCCCCCCC)C[C@H]1O[C@@H](c2cccc(-c3cccc(CNC(=O)c4cccnc4)c3)c2)O[C@@H](c2ccc(CO)cc2)[C@H]1C. The lowest BCUT2D eigenvalue weighted by molar-refractivity contribution is -0.276. The quantitative estimate of drug-likeness (QED) is 0.0735. The molecule has 0 radical (unpaired) electrons. The number of rotatable bonds is 23. The molecule has 4 atom stereocenters. The minimum Gasteiger partial charge on any atom is -0.392 e. The molecular weight excluding hydrogens is 683 g/mol. The van der Waals surface area contributed by atoms with Gasteiger partial charge in [-0.25, -0.2) is 0 Å². The fourth-order valence-corrected chi connectivity index (χ4v) is 7.62. The van der Waals surface area contributed by atoms with Crippen molar-refractivity contribution in [2.45, 2.75) is 129 Å². The van der Waals surface area contributed by atoms with Gasteiger partial charge in [0, 0.05) is 37.0 Å². The molecule has 55 heavy (non-hydrogen) atoms. The summed E-state index contributed by atoms with van der Waals surface area (Å²) in [7, 11) is 0. The van der Waals surface area contributed by atoms with Crippen molar-refractivity contribution in [3.63, 3.8) is 0 Å². The molecule has 1 aromatic heterocycles. The molecule has 4 aromatic rings. The van der Waals surface area contributed by atoms with E-state index in [-0.39, 0.29) is 30.6 Å². The predicted octanol–water partition coefficient (Wildman–Crippen LogP) is 11.0. The lowest BCUT2D eigenvalue weighted by Gasteiger charge is -2.43. The van der Waals surface area contributed by atoms with Gasteiger partial charge in [-0.3, -0.25) is 9.78 Å². The largest absolute Gasteiger partial charge is 0.392 e. The summed E-state index contributed by atoms with van der Waals surface area (Å²) in [5.41, 5.74) is 6.68. The van der Waals surface area contributed by atoms with Crippen molar-refractivity contribution in [3.8, 4) is 11.1 Å². The normalized spacial score (nSPS) is 18.4. The number of nitrogens with zero attached hydrogens (tertiary/aromatic N) is 2. The van der Waals surface area contributed by atoms with Crippen LogP contribution in [0.4, 0.5) is 0 Å². The van der Waals surface area contributed by atoms with Crippen molar-refractivity contribution in [3.05, 3.63) is 125 Å². The predicted molar refractivity (Wildman–Crippen MR) is 223 cm³/mol. The summed E-state index contributed by atoms with van der Waals surface area (Å²) in [4.78, 5) is 19.4. The molecule has 7 nitrogen and oxygen atoms in total. The van der Waals surface area contributed by atoms with Crippen molar-refractivity contribution in [2.75, 3.05) is 19.6 Å². The maximum absolute atomic E-state index is 12.7. The lowest BCUT2D eigenvalue weighted by atomic mass is 9.89. The summed E-state index contributed by atoms with van der Waals surface area (Å²) >= 11 is 0. The van der Waals surface area contributed by atoms with Crippen LogP contribution in [0.5, 0.6) is 0 Å². The van der Waals surface area contributed by atoms with Crippen LogP contribution in [0.2, 0.25) is 0 Å². The number of hydrogen-bond donors (Lipinski definition) is 2. The van der Waals surface area contributed by atoms with Crippen LogP contribution in [0.3, 0.4) is 0 Å². The maximum Gasteiger partial charge on any atom is 0.253 e. The first-order valence-electron chi connectivity index (χ1n) is 21.1. The molecule has 0 bridgehead atoms. The number of ether oxygens (including phenoxy) is 2. The third-order valence-electron chi connectivity index (χ3n) is 11.0. The second-order valence-electron chi connectivity index (χ2n) is 15.4. The number of pyridine rings is 1. The molecule has 1 saturated heterocycles. The van der Waals surface area contributed by atoms with E-state index in [1.54, 1.807) is 24.5 Å². The number of hydrogen-bond acceptors (Lipinski definition) is 6. The zero-order valence-electron chi connectivity index (χ0n) is 33.6. The van der Waals surface area contributed by atoms with E-state index in [4.69, 9.17) is 9.47 Å². The van der Waals surface area contributed by atoms with Gasteiger partial charge in [0.25, 0.3) is 5.91 Å². The Morgan fingerprint density at radius 3 is 2.04 bits per heavy atom. The summed E-state index contributed by atoms with van der Waals surface area (Å²) in [6, 6.07) is 28.5. The number of amides is 1.